The van der Waals surface area contributed by atoms with Gasteiger partial charge in [0.1, 0.15) is 5.60 Å². The monoisotopic (exact) mass is 283 g/mol. The Morgan fingerprint density at radius 1 is 1.40 bits per heavy atom. The van der Waals surface area contributed by atoms with Crippen molar-refractivity contribution in [3.63, 3.8) is 0 Å². The molecule has 0 aromatic carbocycles. The fourth-order valence-corrected chi connectivity index (χ4v) is 2.36. The highest BCUT2D eigenvalue weighted by molar-refractivity contribution is 5.88. The molecule has 0 aromatic heterocycles. The number of carboxylic acid groups (broad SMARTS) is 1. The van der Waals surface area contributed by atoms with Gasteiger partial charge in [-0.3, -0.25) is 0 Å². The second-order valence-electron chi connectivity index (χ2n) is 6.25. The highest BCUT2D eigenvalue weighted by Crippen LogP contribution is 2.28. The molecule has 112 valence electrons. The van der Waals surface area contributed by atoms with Gasteiger partial charge in [-0.25, -0.2) is 15.0 Å². The van der Waals surface area contributed by atoms with Crippen LogP contribution in [-0.4, -0.2) is 58.9 Å². The molecular formula is C13H21N3O4. The summed E-state index contributed by atoms with van der Waals surface area (Å²) in [4.78, 5) is 24.6. The third-order valence-corrected chi connectivity index (χ3v) is 3.29. The molecule has 2 aliphatic heterocycles. The van der Waals surface area contributed by atoms with Crippen LogP contribution in [0, 0.1) is 5.92 Å². The van der Waals surface area contributed by atoms with Crippen LogP contribution >= 0.6 is 0 Å². The molecule has 7 nitrogen and oxygen atoms in total. The van der Waals surface area contributed by atoms with E-state index in [1.54, 1.807) is 23.2 Å². The predicted molar refractivity (Wildman–Crippen MR) is 71.7 cm³/mol. The summed E-state index contributed by atoms with van der Waals surface area (Å²) in [6, 6.07) is -0.254. The number of hydrogen-bond donors (Lipinski definition) is 2. The van der Waals surface area contributed by atoms with Gasteiger partial charge in [0.2, 0.25) is 0 Å². The lowest BCUT2D eigenvalue weighted by atomic mass is 9.88. The van der Waals surface area contributed by atoms with Gasteiger partial charge in [0.05, 0.1) is 11.6 Å². The Morgan fingerprint density at radius 2 is 2.00 bits per heavy atom. The van der Waals surface area contributed by atoms with E-state index < -0.39 is 11.6 Å². The van der Waals surface area contributed by atoms with Crippen LogP contribution in [-0.2, 0) is 9.53 Å². The van der Waals surface area contributed by atoms with E-state index in [1.807, 2.05) is 20.8 Å². The van der Waals surface area contributed by atoms with E-state index in [0.717, 1.165) is 0 Å². The minimum Gasteiger partial charge on any atom is -0.478 e. The van der Waals surface area contributed by atoms with E-state index in [-0.39, 0.29) is 18.1 Å². The molecule has 1 saturated heterocycles. The average Bonchev–Trinajstić information content (AvgIpc) is 2.55. The van der Waals surface area contributed by atoms with Crippen LogP contribution in [0.15, 0.2) is 11.8 Å². The summed E-state index contributed by atoms with van der Waals surface area (Å²) >= 11 is 0. The zero-order valence-corrected chi connectivity index (χ0v) is 12.2. The van der Waals surface area contributed by atoms with Crippen molar-refractivity contribution >= 4 is 12.1 Å². The minimum absolute atomic E-state index is 0.0924. The molecule has 0 aromatic rings. The summed E-state index contributed by atoms with van der Waals surface area (Å²) in [6.45, 7) is 6.47. The van der Waals surface area contributed by atoms with Crippen LogP contribution in [0.25, 0.3) is 0 Å². The van der Waals surface area contributed by atoms with Gasteiger partial charge in [-0.1, -0.05) is 0 Å². The molecule has 0 aliphatic carbocycles. The van der Waals surface area contributed by atoms with Crippen LogP contribution in [0.1, 0.15) is 20.8 Å². The van der Waals surface area contributed by atoms with Gasteiger partial charge >= 0.3 is 12.1 Å². The Labute approximate surface area is 118 Å². The van der Waals surface area contributed by atoms with Crippen molar-refractivity contribution in [2.75, 3.05) is 20.1 Å². The molecule has 2 rings (SSSR count). The van der Waals surface area contributed by atoms with Crippen LogP contribution in [0.2, 0.25) is 0 Å². The number of hydrogen-bond acceptors (Lipinski definition) is 5. The van der Waals surface area contributed by atoms with E-state index in [2.05, 4.69) is 5.43 Å². The lowest BCUT2D eigenvalue weighted by Gasteiger charge is -2.42. The molecule has 2 N–H and O–H groups in total. The maximum absolute atomic E-state index is 11.8. The molecule has 1 amide bonds. The number of ether oxygens (including phenoxy) is 1. The zero-order valence-electron chi connectivity index (χ0n) is 12.2. The van der Waals surface area contributed by atoms with Crippen molar-refractivity contribution < 1.29 is 19.4 Å². The molecule has 2 aliphatic rings. The van der Waals surface area contributed by atoms with Crippen molar-refractivity contribution in [2.24, 2.45) is 5.92 Å². The largest absolute Gasteiger partial charge is 0.478 e. The van der Waals surface area contributed by atoms with Crippen LogP contribution < -0.4 is 5.43 Å². The van der Waals surface area contributed by atoms with Gasteiger partial charge in [-0.2, -0.15) is 0 Å². The first-order valence-electron chi connectivity index (χ1n) is 6.59. The highest BCUT2D eigenvalue weighted by Gasteiger charge is 2.43. The van der Waals surface area contributed by atoms with Crippen molar-refractivity contribution in [3.8, 4) is 0 Å². The average molecular weight is 283 g/mol. The number of nitrogens with zero attached hydrogens (tertiary/aromatic N) is 2. The first-order chi connectivity index (χ1) is 9.17. The van der Waals surface area contributed by atoms with Crippen LogP contribution in [0.4, 0.5) is 4.79 Å². The minimum atomic E-state index is -0.928. The molecule has 1 atom stereocenters. The summed E-state index contributed by atoms with van der Waals surface area (Å²) in [5, 5.41) is 10.8. The van der Waals surface area contributed by atoms with E-state index >= 15 is 0 Å². The first kappa shape index (κ1) is 14.6. The van der Waals surface area contributed by atoms with Gasteiger partial charge < -0.3 is 19.8 Å². The smallest absolute Gasteiger partial charge is 0.410 e. The Bertz CT molecular complexity index is 449. The third kappa shape index (κ3) is 3.04. The molecule has 2 heterocycles. The molecule has 0 radical (unpaired) electrons. The van der Waals surface area contributed by atoms with Gasteiger partial charge in [0.25, 0.3) is 0 Å². The van der Waals surface area contributed by atoms with Gasteiger partial charge in [0.15, 0.2) is 0 Å². The summed E-state index contributed by atoms with van der Waals surface area (Å²) < 4.78 is 5.27. The number of carbonyl (C=O) groups is 2. The van der Waals surface area contributed by atoms with Crippen LogP contribution in [0.5, 0.6) is 0 Å². The predicted octanol–water partition coefficient (Wildman–Crippen LogP) is 0.640. The SMILES string of the molecule is CN1C=C(C(=O)O)C(C2CN(C(=O)OC(C)(C)C)C2)N1. The quantitative estimate of drug-likeness (QED) is 0.774. The summed E-state index contributed by atoms with van der Waals surface area (Å²) in [5.41, 5.74) is 2.90. The fraction of sp³-hybridized carbons (Fsp3) is 0.692. The number of amides is 1. The molecule has 0 spiro atoms. The van der Waals surface area contributed by atoms with Crippen molar-refractivity contribution in [1.29, 1.82) is 0 Å². The number of likely N-dealkylation sites (tertiary alicyclic amines) is 1. The van der Waals surface area contributed by atoms with Crippen molar-refractivity contribution in [2.45, 2.75) is 32.4 Å². The number of carbonyl (C=O) groups excluding carboxylic acids is 1. The molecule has 0 saturated carbocycles. The second kappa shape index (κ2) is 4.97. The van der Waals surface area contributed by atoms with Gasteiger partial charge in [-0.15, -0.1) is 0 Å². The lowest BCUT2D eigenvalue weighted by molar-refractivity contribution is -0.133. The van der Waals surface area contributed by atoms with Gasteiger partial charge in [0, 0.05) is 32.3 Å². The van der Waals surface area contributed by atoms with E-state index in [9.17, 15) is 9.59 Å². The molecule has 1 fully saturated rings. The van der Waals surface area contributed by atoms with Crippen LogP contribution in [0.3, 0.4) is 0 Å². The number of nitrogens with one attached hydrogen (secondary N) is 1. The standard InChI is InChI=1S/C13H21N3O4/c1-13(2,3)20-12(19)16-5-8(6-16)10-9(11(17)18)7-15(4)14-10/h7-8,10,14H,5-6H2,1-4H3,(H,17,18). The number of hydrazine groups is 1. The second-order valence-corrected chi connectivity index (χ2v) is 6.25. The molecule has 20 heavy (non-hydrogen) atoms. The number of carboxylic acids is 1. The van der Waals surface area contributed by atoms with Crippen molar-refractivity contribution in [3.05, 3.63) is 11.8 Å². The maximum Gasteiger partial charge on any atom is 0.410 e. The van der Waals surface area contributed by atoms with Gasteiger partial charge in [-0.05, 0) is 20.8 Å². The highest BCUT2D eigenvalue weighted by atomic mass is 16.6. The fourth-order valence-electron chi connectivity index (χ4n) is 2.36. The Kier molecular flexibility index (Phi) is 3.64. The normalized spacial score (nSPS) is 23.4. The Hall–Kier alpha value is -1.76. The maximum atomic E-state index is 11.8. The first-order valence-corrected chi connectivity index (χ1v) is 6.59. The Balaban J connectivity index is 1.89. The molecular weight excluding hydrogens is 262 g/mol. The lowest BCUT2D eigenvalue weighted by Crippen LogP contribution is -2.59. The Morgan fingerprint density at radius 3 is 2.50 bits per heavy atom. The molecule has 0 bridgehead atoms. The van der Waals surface area contributed by atoms with E-state index in [4.69, 9.17) is 9.84 Å². The molecule has 7 heteroatoms. The van der Waals surface area contributed by atoms with E-state index in [1.165, 1.54) is 0 Å². The summed E-state index contributed by atoms with van der Waals surface area (Å²) in [6.07, 6.45) is 1.23. The molecule has 1 unspecified atom stereocenters. The summed E-state index contributed by atoms with van der Waals surface area (Å²) in [5.74, 6) is -0.836. The third-order valence-electron chi connectivity index (χ3n) is 3.29. The van der Waals surface area contributed by atoms with E-state index in [0.29, 0.717) is 18.7 Å². The zero-order chi connectivity index (χ0) is 15.1. The summed E-state index contributed by atoms with van der Waals surface area (Å²) in [7, 11) is 1.76. The number of rotatable bonds is 2. The van der Waals surface area contributed by atoms with Crippen molar-refractivity contribution in [1.82, 2.24) is 15.3 Å². The number of aliphatic carboxylic acids is 1. The topological polar surface area (TPSA) is 82.1 Å².